The van der Waals surface area contributed by atoms with Gasteiger partial charge in [0.25, 0.3) is 11.6 Å². The molecule has 0 radical (unpaired) electrons. The number of nitrogens with zero attached hydrogens (tertiary/aromatic N) is 3. The highest BCUT2D eigenvalue weighted by atomic mass is 16.6. The normalized spacial score (nSPS) is 14.2. The molecule has 0 unspecified atom stereocenters. The van der Waals surface area contributed by atoms with Gasteiger partial charge in [-0.15, -0.1) is 0 Å². The van der Waals surface area contributed by atoms with Crippen LogP contribution in [-0.2, 0) is 0 Å². The Labute approximate surface area is 167 Å². The van der Waals surface area contributed by atoms with Gasteiger partial charge in [-0.2, -0.15) is 5.10 Å². The van der Waals surface area contributed by atoms with Gasteiger partial charge < -0.3 is 14.6 Å². The van der Waals surface area contributed by atoms with E-state index in [2.05, 4.69) is 10.4 Å². The first-order valence-corrected chi connectivity index (χ1v) is 9.62. The van der Waals surface area contributed by atoms with E-state index in [9.17, 15) is 14.9 Å². The van der Waals surface area contributed by atoms with Crippen molar-refractivity contribution in [3.05, 3.63) is 64.5 Å². The Kier molecular flexibility index (Phi) is 5.39. The second-order valence-electron chi connectivity index (χ2n) is 7.04. The minimum absolute atomic E-state index is 0.0680. The van der Waals surface area contributed by atoms with Crippen LogP contribution in [0.1, 0.15) is 23.3 Å². The molecule has 0 saturated carbocycles. The lowest BCUT2D eigenvalue weighted by atomic mass is 10.2. The summed E-state index contributed by atoms with van der Waals surface area (Å²) >= 11 is 0. The summed E-state index contributed by atoms with van der Waals surface area (Å²) < 4.78 is 6.81. The third kappa shape index (κ3) is 4.19. The molecule has 1 aliphatic heterocycles. The molecule has 1 fully saturated rings. The quantitative estimate of drug-likeness (QED) is 0.464. The SMILES string of the molecule is O=C(NCC[NH+]1CCCC1)c1cc(-c2ccco2)nn1-c1cccc([N+](=O)[O-])c1. The highest BCUT2D eigenvalue weighted by Gasteiger charge is 2.21. The molecule has 1 amide bonds. The molecule has 2 aromatic heterocycles. The van der Waals surface area contributed by atoms with Gasteiger partial charge in [0.2, 0.25) is 0 Å². The monoisotopic (exact) mass is 396 g/mol. The van der Waals surface area contributed by atoms with Crippen molar-refractivity contribution in [3.63, 3.8) is 0 Å². The second kappa shape index (κ2) is 8.27. The third-order valence-electron chi connectivity index (χ3n) is 5.08. The van der Waals surface area contributed by atoms with Crippen LogP contribution in [0.3, 0.4) is 0 Å². The van der Waals surface area contributed by atoms with E-state index in [0.717, 1.165) is 19.6 Å². The lowest BCUT2D eigenvalue weighted by Crippen LogP contribution is -3.10. The first kappa shape index (κ1) is 18.9. The number of hydrogen-bond acceptors (Lipinski definition) is 5. The number of nitro benzene ring substituents is 1. The molecular weight excluding hydrogens is 374 g/mol. The molecule has 29 heavy (non-hydrogen) atoms. The average Bonchev–Trinajstić information content (AvgIpc) is 3.48. The molecule has 9 heteroatoms. The predicted octanol–water partition coefficient (Wildman–Crippen LogP) is 1.45. The topological polar surface area (TPSA) is 108 Å². The zero-order valence-corrected chi connectivity index (χ0v) is 15.8. The molecule has 0 bridgehead atoms. The zero-order valence-electron chi connectivity index (χ0n) is 15.8. The maximum Gasteiger partial charge on any atom is 0.271 e. The van der Waals surface area contributed by atoms with Crippen molar-refractivity contribution in [2.75, 3.05) is 26.2 Å². The maximum atomic E-state index is 12.9. The van der Waals surface area contributed by atoms with Crippen LogP contribution >= 0.6 is 0 Å². The van der Waals surface area contributed by atoms with Crippen LogP contribution in [0.25, 0.3) is 17.1 Å². The summed E-state index contributed by atoms with van der Waals surface area (Å²) in [5.74, 6) is 0.241. The molecule has 0 aliphatic carbocycles. The fraction of sp³-hybridized carbons (Fsp3) is 0.300. The molecular formula is C20H22N5O4+. The molecule has 150 valence electrons. The van der Waals surface area contributed by atoms with Crippen LogP contribution in [-0.4, -0.2) is 46.8 Å². The van der Waals surface area contributed by atoms with Crippen LogP contribution in [0, 0.1) is 10.1 Å². The summed E-state index contributed by atoms with van der Waals surface area (Å²) in [5.41, 5.74) is 1.15. The van der Waals surface area contributed by atoms with Crippen LogP contribution in [0.15, 0.2) is 53.1 Å². The Hall–Kier alpha value is -3.46. The van der Waals surface area contributed by atoms with Crippen molar-refractivity contribution in [1.82, 2.24) is 15.1 Å². The summed E-state index contributed by atoms with van der Waals surface area (Å²) in [6.45, 7) is 3.72. The molecule has 3 aromatic rings. The Morgan fingerprint density at radius 1 is 1.24 bits per heavy atom. The van der Waals surface area contributed by atoms with Gasteiger partial charge in [-0.1, -0.05) is 6.07 Å². The van der Waals surface area contributed by atoms with E-state index in [0.29, 0.717) is 29.4 Å². The molecule has 3 heterocycles. The largest absolute Gasteiger partial charge is 0.463 e. The molecule has 0 spiro atoms. The Balaban J connectivity index is 1.61. The van der Waals surface area contributed by atoms with Crippen LogP contribution in [0.2, 0.25) is 0 Å². The number of benzene rings is 1. The number of quaternary nitrogens is 1. The number of likely N-dealkylation sites (tertiary alicyclic amines) is 1. The Bertz CT molecular complexity index is 1010. The standard InChI is InChI=1S/C20H21N5O4/c26-20(21-8-11-23-9-1-2-10-23)18-14-17(19-7-4-12-29-19)22-24(18)15-5-3-6-16(13-15)25(27)28/h3-7,12-14H,1-2,8-11H2,(H,21,26)/p+1. The van der Waals surface area contributed by atoms with Crippen molar-refractivity contribution in [2.45, 2.75) is 12.8 Å². The molecule has 1 aromatic carbocycles. The van der Waals surface area contributed by atoms with Gasteiger partial charge in [0.15, 0.2) is 5.76 Å². The number of non-ortho nitro benzene ring substituents is 1. The van der Waals surface area contributed by atoms with Gasteiger partial charge in [0, 0.05) is 31.0 Å². The fourth-order valence-electron chi connectivity index (χ4n) is 3.59. The van der Waals surface area contributed by atoms with Crippen molar-refractivity contribution < 1.29 is 19.0 Å². The molecule has 1 saturated heterocycles. The smallest absolute Gasteiger partial charge is 0.271 e. The van der Waals surface area contributed by atoms with Gasteiger partial charge in [0.05, 0.1) is 43.1 Å². The van der Waals surface area contributed by atoms with E-state index in [1.807, 2.05) is 0 Å². The number of nitro groups is 1. The van der Waals surface area contributed by atoms with Crippen molar-refractivity contribution in [3.8, 4) is 17.1 Å². The number of carbonyl (C=O) groups excluding carboxylic acids is 1. The number of amides is 1. The van der Waals surface area contributed by atoms with E-state index >= 15 is 0 Å². The van der Waals surface area contributed by atoms with Gasteiger partial charge >= 0.3 is 0 Å². The van der Waals surface area contributed by atoms with Crippen LogP contribution in [0.5, 0.6) is 0 Å². The highest BCUT2D eigenvalue weighted by Crippen LogP contribution is 2.24. The highest BCUT2D eigenvalue weighted by molar-refractivity contribution is 5.94. The Morgan fingerprint density at radius 3 is 2.79 bits per heavy atom. The molecule has 1 aliphatic rings. The van der Waals surface area contributed by atoms with E-state index in [1.165, 1.54) is 40.8 Å². The van der Waals surface area contributed by atoms with Crippen LogP contribution in [0.4, 0.5) is 5.69 Å². The summed E-state index contributed by atoms with van der Waals surface area (Å²) in [7, 11) is 0. The number of aromatic nitrogens is 2. The third-order valence-corrected chi connectivity index (χ3v) is 5.08. The van der Waals surface area contributed by atoms with Gasteiger partial charge in [0.1, 0.15) is 11.4 Å². The number of furan rings is 1. The minimum atomic E-state index is -0.473. The number of carbonyl (C=O) groups is 1. The van der Waals surface area contributed by atoms with E-state index in [1.54, 1.807) is 30.3 Å². The average molecular weight is 396 g/mol. The number of hydrogen-bond donors (Lipinski definition) is 2. The maximum absolute atomic E-state index is 12.9. The fourth-order valence-corrected chi connectivity index (χ4v) is 3.59. The molecule has 4 rings (SSSR count). The summed E-state index contributed by atoms with van der Waals surface area (Å²) in [5, 5.41) is 18.6. The van der Waals surface area contributed by atoms with Crippen molar-refractivity contribution >= 4 is 11.6 Å². The lowest BCUT2D eigenvalue weighted by Gasteiger charge is -2.13. The molecule has 0 atom stereocenters. The summed E-state index contributed by atoms with van der Waals surface area (Å²) in [6, 6.07) is 11.2. The van der Waals surface area contributed by atoms with E-state index < -0.39 is 4.92 Å². The molecule has 9 nitrogen and oxygen atoms in total. The van der Waals surface area contributed by atoms with E-state index in [-0.39, 0.29) is 11.6 Å². The van der Waals surface area contributed by atoms with Crippen molar-refractivity contribution in [2.24, 2.45) is 0 Å². The van der Waals surface area contributed by atoms with E-state index in [4.69, 9.17) is 4.42 Å². The summed E-state index contributed by atoms with van der Waals surface area (Å²) in [6.07, 6.45) is 3.99. The minimum Gasteiger partial charge on any atom is -0.463 e. The first-order valence-electron chi connectivity index (χ1n) is 9.62. The molecule has 2 N–H and O–H groups in total. The van der Waals surface area contributed by atoms with Gasteiger partial charge in [-0.25, -0.2) is 4.68 Å². The first-order chi connectivity index (χ1) is 14.1. The van der Waals surface area contributed by atoms with Crippen molar-refractivity contribution in [1.29, 1.82) is 0 Å². The predicted molar refractivity (Wildman–Crippen MR) is 105 cm³/mol. The lowest BCUT2D eigenvalue weighted by molar-refractivity contribution is -0.886. The summed E-state index contributed by atoms with van der Waals surface area (Å²) in [4.78, 5) is 25.0. The Morgan fingerprint density at radius 2 is 2.07 bits per heavy atom. The number of nitrogens with one attached hydrogen (secondary N) is 2. The number of rotatable bonds is 7. The van der Waals surface area contributed by atoms with Gasteiger partial charge in [-0.05, 0) is 18.2 Å². The zero-order chi connectivity index (χ0) is 20.2. The van der Waals surface area contributed by atoms with Gasteiger partial charge in [-0.3, -0.25) is 14.9 Å². The van der Waals surface area contributed by atoms with Crippen LogP contribution < -0.4 is 10.2 Å². The second-order valence-corrected chi connectivity index (χ2v) is 7.04.